The number of carbonyl (C=O) groups excluding carboxylic acids is 1. The fourth-order valence-electron chi connectivity index (χ4n) is 4.30. The monoisotopic (exact) mass is 339 g/mol. The fraction of sp³-hybridized carbons (Fsp3) is 0.500. The number of amides is 1. The van der Waals surface area contributed by atoms with Crippen LogP contribution in [0.4, 0.5) is 0 Å². The van der Waals surface area contributed by atoms with Gasteiger partial charge in [-0.3, -0.25) is 9.48 Å². The van der Waals surface area contributed by atoms with Crippen LogP contribution in [0.25, 0.3) is 0 Å². The number of likely N-dealkylation sites (tertiary alicyclic amines) is 1. The van der Waals surface area contributed by atoms with Crippen molar-refractivity contribution in [1.82, 2.24) is 14.7 Å². The van der Waals surface area contributed by atoms with Crippen molar-refractivity contribution in [1.29, 1.82) is 0 Å². The fourth-order valence-corrected chi connectivity index (χ4v) is 4.30. The molecule has 0 radical (unpaired) electrons. The third-order valence-corrected chi connectivity index (χ3v) is 5.68. The van der Waals surface area contributed by atoms with Crippen molar-refractivity contribution in [3.63, 3.8) is 0 Å². The first kappa shape index (κ1) is 16.3. The molecule has 4 rings (SSSR count). The molecule has 1 atom stereocenters. The Morgan fingerprint density at radius 3 is 2.72 bits per heavy atom. The molecule has 5 nitrogen and oxygen atoms in total. The molecule has 132 valence electrons. The number of nitrogens with zero attached hydrogens (tertiary/aromatic N) is 3. The summed E-state index contributed by atoms with van der Waals surface area (Å²) in [4.78, 5) is 15.8. The van der Waals surface area contributed by atoms with Crippen molar-refractivity contribution in [3.05, 3.63) is 54.4 Å². The number of aromatic nitrogens is 2. The maximum atomic E-state index is 13.7. The molecule has 2 aromatic rings. The summed E-state index contributed by atoms with van der Waals surface area (Å²) < 4.78 is 7.53. The summed E-state index contributed by atoms with van der Waals surface area (Å²) in [5.74, 6) is 0.275. The van der Waals surface area contributed by atoms with Gasteiger partial charge in [0.15, 0.2) is 0 Å². The van der Waals surface area contributed by atoms with Crippen LogP contribution in [0.5, 0.6) is 0 Å². The minimum atomic E-state index is -0.438. The summed E-state index contributed by atoms with van der Waals surface area (Å²) in [5, 5.41) is 4.32. The van der Waals surface area contributed by atoms with Gasteiger partial charge in [0, 0.05) is 32.2 Å². The van der Waals surface area contributed by atoms with Gasteiger partial charge in [0.25, 0.3) is 0 Å². The first-order chi connectivity index (χ1) is 12.3. The van der Waals surface area contributed by atoms with E-state index in [1.54, 1.807) is 6.20 Å². The van der Waals surface area contributed by atoms with Crippen molar-refractivity contribution in [2.45, 2.75) is 43.7 Å². The van der Waals surface area contributed by atoms with Gasteiger partial charge in [0.1, 0.15) is 0 Å². The van der Waals surface area contributed by atoms with E-state index in [1.165, 1.54) is 0 Å². The van der Waals surface area contributed by atoms with E-state index in [9.17, 15) is 4.79 Å². The minimum Gasteiger partial charge on any atom is -0.381 e. The van der Waals surface area contributed by atoms with E-state index in [0.717, 1.165) is 44.3 Å². The largest absolute Gasteiger partial charge is 0.381 e. The lowest BCUT2D eigenvalue weighted by atomic mass is 9.73. The number of hydrogen-bond acceptors (Lipinski definition) is 3. The Balaban J connectivity index is 1.61. The van der Waals surface area contributed by atoms with E-state index in [1.807, 2.05) is 35.1 Å². The Kier molecular flexibility index (Phi) is 4.57. The molecule has 0 N–H and O–H groups in total. The van der Waals surface area contributed by atoms with E-state index in [0.29, 0.717) is 13.2 Å². The second-order valence-corrected chi connectivity index (χ2v) is 7.08. The van der Waals surface area contributed by atoms with E-state index in [-0.39, 0.29) is 11.9 Å². The zero-order valence-electron chi connectivity index (χ0n) is 14.5. The molecule has 25 heavy (non-hydrogen) atoms. The van der Waals surface area contributed by atoms with E-state index in [4.69, 9.17) is 4.74 Å². The van der Waals surface area contributed by atoms with E-state index in [2.05, 4.69) is 22.1 Å². The molecule has 2 aliphatic rings. The predicted octanol–water partition coefficient (Wildman–Crippen LogP) is 2.62. The molecule has 1 amide bonds. The SMILES string of the molecule is O=C(N1CCCC1Cn1cccn1)C1(c2ccccc2)CCOCC1. The van der Waals surface area contributed by atoms with Gasteiger partial charge in [0.05, 0.1) is 18.0 Å². The molecule has 5 heteroatoms. The third-order valence-electron chi connectivity index (χ3n) is 5.68. The van der Waals surface area contributed by atoms with Gasteiger partial charge >= 0.3 is 0 Å². The summed E-state index contributed by atoms with van der Waals surface area (Å²) >= 11 is 0. The van der Waals surface area contributed by atoms with Gasteiger partial charge in [0.2, 0.25) is 5.91 Å². The Morgan fingerprint density at radius 2 is 2.00 bits per heavy atom. The molecule has 3 heterocycles. The maximum Gasteiger partial charge on any atom is 0.233 e. The van der Waals surface area contributed by atoms with Crippen LogP contribution in [-0.4, -0.2) is 46.4 Å². The van der Waals surface area contributed by atoms with Gasteiger partial charge in [-0.2, -0.15) is 5.10 Å². The number of ether oxygens (including phenoxy) is 1. The number of hydrogen-bond donors (Lipinski definition) is 0. The van der Waals surface area contributed by atoms with Crippen LogP contribution in [0.15, 0.2) is 48.8 Å². The molecule has 2 fully saturated rings. The second kappa shape index (κ2) is 7.00. The number of carbonyl (C=O) groups is 1. The van der Waals surface area contributed by atoms with Crippen molar-refractivity contribution >= 4 is 5.91 Å². The minimum absolute atomic E-state index is 0.232. The van der Waals surface area contributed by atoms with Gasteiger partial charge in [-0.05, 0) is 37.3 Å². The van der Waals surface area contributed by atoms with Gasteiger partial charge in [-0.15, -0.1) is 0 Å². The summed E-state index contributed by atoms with van der Waals surface area (Å²) in [5.41, 5.74) is 0.694. The van der Waals surface area contributed by atoms with Crippen molar-refractivity contribution in [3.8, 4) is 0 Å². The smallest absolute Gasteiger partial charge is 0.233 e. The molecule has 1 aromatic carbocycles. The highest BCUT2D eigenvalue weighted by Gasteiger charge is 2.46. The normalized spacial score (nSPS) is 22.9. The zero-order chi connectivity index (χ0) is 17.1. The molecule has 0 bridgehead atoms. The lowest BCUT2D eigenvalue weighted by molar-refractivity contribution is -0.142. The molecular formula is C20H25N3O2. The number of benzene rings is 1. The Bertz CT molecular complexity index is 693. The summed E-state index contributed by atoms with van der Waals surface area (Å²) in [6, 6.07) is 12.4. The average Bonchev–Trinajstić information content (AvgIpc) is 3.35. The first-order valence-electron chi connectivity index (χ1n) is 9.21. The molecular weight excluding hydrogens is 314 g/mol. The molecule has 0 aliphatic carbocycles. The number of rotatable bonds is 4. The van der Waals surface area contributed by atoms with E-state index < -0.39 is 5.41 Å². The van der Waals surface area contributed by atoms with Crippen molar-refractivity contribution in [2.24, 2.45) is 0 Å². The molecule has 0 saturated carbocycles. The van der Waals surface area contributed by atoms with Crippen LogP contribution in [0.1, 0.15) is 31.2 Å². The Labute approximate surface area is 148 Å². The second-order valence-electron chi connectivity index (χ2n) is 7.08. The quantitative estimate of drug-likeness (QED) is 0.860. The van der Waals surface area contributed by atoms with Gasteiger partial charge < -0.3 is 9.64 Å². The van der Waals surface area contributed by atoms with Crippen LogP contribution >= 0.6 is 0 Å². The maximum absolute atomic E-state index is 13.7. The Morgan fingerprint density at radius 1 is 1.20 bits per heavy atom. The van der Waals surface area contributed by atoms with Crippen LogP contribution in [0.3, 0.4) is 0 Å². The van der Waals surface area contributed by atoms with Gasteiger partial charge in [-0.1, -0.05) is 30.3 Å². The van der Waals surface area contributed by atoms with Gasteiger partial charge in [-0.25, -0.2) is 0 Å². The first-order valence-corrected chi connectivity index (χ1v) is 9.21. The highest BCUT2D eigenvalue weighted by molar-refractivity contribution is 5.89. The highest BCUT2D eigenvalue weighted by atomic mass is 16.5. The Hall–Kier alpha value is -2.14. The molecule has 2 saturated heterocycles. The van der Waals surface area contributed by atoms with Crippen LogP contribution < -0.4 is 0 Å². The van der Waals surface area contributed by atoms with Crippen LogP contribution in [-0.2, 0) is 21.5 Å². The molecule has 1 unspecified atom stereocenters. The standard InChI is InChI=1S/C20H25N3O2/c24-19(23-13-4-8-18(23)16-22-12-5-11-21-22)20(9-14-25-15-10-20)17-6-2-1-3-7-17/h1-3,5-7,11-12,18H,4,8-10,13-16H2. The topological polar surface area (TPSA) is 47.4 Å². The summed E-state index contributed by atoms with van der Waals surface area (Å²) in [6.07, 6.45) is 7.42. The van der Waals surface area contributed by atoms with Crippen molar-refractivity contribution < 1.29 is 9.53 Å². The highest BCUT2D eigenvalue weighted by Crippen LogP contribution is 2.38. The third kappa shape index (κ3) is 3.09. The predicted molar refractivity (Wildman–Crippen MR) is 95.1 cm³/mol. The van der Waals surface area contributed by atoms with E-state index >= 15 is 0 Å². The van der Waals surface area contributed by atoms with Crippen molar-refractivity contribution in [2.75, 3.05) is 19.8 Å². The zero-order valence-corrected chi connectivity index (χ0v) is 14.5. The molecule has 1 aromatic heterocycles. The lowest BCUT2D eigenvalue weighted by Crippen LogP contribution is -2.52. The molecule has 2 aliphatic heterocycles. The molecule has 0 spiro atoms. The summed E-state index contributed by atoms with van der Waals surface area (Å²) in [7, 11) is 0. The average molecular weight is 339 g/mol. The van der Waals surface area contributed by atoms with Crippen LogP contribution in [0, 0.1) is 0 Å². The van der Waals surface area contributed by atoms with Crippen LogP contribution in [0.2, 0.25) is 0 Å². The summed E-state index contributed by atoms with van der Waals surface area (Å²) in [6.45, 7) is 2.93. The lowest BCUT2D eigenvalue weighted by Gasteiger charge is -2.40.